The minimum absolute atomic E-state index is 0.0358. The van der Waals surface area contributed by atoms with Crippen molar-refractivity contribution in [3.63, 3.8) is 0 Å². The molecule has 2 N–H and O–H groups in total. The van der Waals surface area contributed by atoms with Gasteiger partial charge in [0.2, 0.25) is 0 Å². The number of carbonyl (C=O) groups excluding carboxylic acids is 2. The number of carboxylic acid groups (broad SMARTS) is 1. The summed E-state index contributed by atoms with van der Waals surface area (Å²) in [6.07, 6.45) is 3.56. The maximum atomic E-state index is 12.9. The Morgan fingerprint density at radius 1 is 1.00 bits per heavy atom. The van der Waals surface area contributed by atoms with Crippen molar-refractivity contribution in [1.82, 2.24) is 4.98 Å². The maximum Gasteiger partial charge on any atom is 0.339 e. The first-order valence-electron chi connectivity index (χ1n) is 9.74. The van der Waals surface area contributed by atoms with Gasteiger partial charge in [-0.05, 0) is 49.4 Å². The molecule has 1 amide bonds. The Labute approximate surface area is 172 Å². The number of amides is 1. The molecule has 0 atom stereocenters. The third-order valence-corrected chi connectivity index (χ3v) is 5.14. The molecule has 0 bridgehead atoms. The number of carbonyl (C=O) groups is 3. The van der Waals surface area contributed by atoms with Crippen LogP contribution in [0.1, 0.15) is 44.8 Å². The highest BCUT2D eigenvalue weighted by Crippen LogP contribution is 2.29. The number of fused-ring (bicyclic) bond motifs is 2. The van der Waals surface area contributed by atoms with E-state index in [9.17, 15) is 19.5 Å². The summed E-state index contributed by atoms with van der Waals surface area (Å²) in [5.74, 6) is -2.34. The van der Waals surface area contributed by atoms with E-state index in [1.54, 1.807) is 12.1 Å². The molecule has 0 radical (unpaired) electrons. The van der Waals surface area contributed by atoms with Crippen LogP contribution in [0, 0.1) is 0 Å². The molecule has 1 aromatic heterocycles. The van der Waals surface area contributed by atoms with Gasteiger partial charge in [-0.3, -0.25) is 9.78 Å². The number of carboxylic acids is 1. The summed E-state index contributed by atoms with van der Waals surface area (Å²) >= 11 is 0. The van der Waals surface area contributed by atoms with Gasteiger partial charge in [0.15, 0.2) is 6.61 Å². The van der Waals surface area contributed by atoms with Gasteiger partial charge < -0.3 is 15.2 Å². The number of ether oxygens (including phenoxy) is 1. The number of rotatable bonds is 5. The summed E-state index contributed by atoms with van der Waals surface area (Å²) in [6.45, 7) is -0.516. The lowest BCUT2D eigenvalue weighted by Gasteiger charge is -2.20. The fourth-order valence-corrected chi connectivity index (χ4v) is 3.77. The average molecular weight is 404 g/mol. The molecule has 0 unspecified atom stereocenters. The Bertz CT molecular complexity index is 1160. The van der Waals surface area contributed by atoms with Gasteiger partial charge in [-0.2, -0.15) is 0 Å². The van der Waals surface area contributed by atoms with Crippen molar-refractivity contribution in [2.24, 2.45) is 0 Å². The van der Waals surface area contributed by atoms with Crippen molar-refractivity contribution < 1.29 is 24.2 Å². The third kappa shape index (κ3) is 3.87. The first-order chi connectivity index (χ1) is 14.5. The smallest absolute Gasteiger partial charge is 0.339 e. The van der Waals surface area contributed by atoms with E-state index in [1.165, 1.54) is 12.1 Å². The maximum absolute atomic E-state index is 12.9. The summed E-state index contributed by atoms with van der Waals surface area (Å²) in [5.41, 5.74) is 3.11. The van der Waals surface area contributed by atoms with Crippen molar-refractivity contribution in [2.75, 3.05) is 11.9 Å². The molecule has 7 heteroatoms. The molecule has 4 rings (SSSR count). The number of pyridine rings is 1. The van der Waals surface area contributed by atoms with Crippen LogP contribution >= 0.6 is 0 Å². The van der Waals surface area contributed by atoms with Crippen LogP contribution in [-0.2, 0) is 22.4 Å². The standard InChI is InChI=1S/C23H20N2O5/c26-20(25-19-12-6-3-9-16(19)22(27)28)13-30-23(29)21-14-7-1-4-10-17(14)24-18-11-5-2-8-15(18)21/h1,3-4,6-7,9-10,12H,2,5,8,11,13H2,(H,25,26)(H,27,28). The monoisotopic (exact) mass is 404 g/mol. The summed E-state index contributed by atoms with van der Waals surface area (Å²) in [7, 11) is 0. The molecule has 2 aromatic carbocycles. The molecule has 0 spiro atoms. The number of para-hydroxylation sites is 2. The largest absolute Gasteiger partial charge is 0.478 e. The van der Waals surface area contributed by atoms with E-state index in [1.807, 2.05) is 24.3 Å². The third-order valence-electron chi connectivity index (χ3n) is 5.14. The minimum atomic E-state index is -1.15. The Morgan fingerprint density at radius 2 is 1.73 bits per heavy atom. The van der Waals surface area contributed by atoms with Crippen LogP contribution in [-0.4, -0.2) is 34.5 Å². The average Bonchev–Trinajstić information content (AvgIpc) is 2.76. The first kappa shape index (κ1) is 19.6. The molecule has 7 nitrogen and oxygen atoms in total. The lowest BCUT2D eigenvalue weighted by Crippen LogP contribution is -2.23. The normalized spacial score (nSPS) is 12.8. The molecule has 0 saturated heterocycles. The van der Waals surface area contributed by atoms with Gasteiger partial charge in [-0.25, -0.2) is 9.59 Å². The van der Waals surface area contributed by atoms with Crippen LogP contribution in [0.3, 0.4) is 0 Å². The second kappa shape index (κ2) is 8.32. The van der Waals surface area contributed by atoms with Crippen molar-refractivity contribution >= 4 is 34.4 Å². The van der Waals surface area contributed by atoms with Gasteiger partial charge >= 0.3 is 11.9 Å². The van der Waals surface area contributed by atoms with Gasteiger partial charge in [0.05, 0.1) is 22.3 Å². The number of nitrogens with zero attached hydrogens (tertiary/aromatic N) is 1. The fourth-order valence-electron chi connectivity index (χ4n) is 3.77. The predicted octanol–water partition coefficient (Wildman–Crippen LogP) is 3.61. The molecule has 0 fully saturated rings. The molecular weight excluding hydrogens is 384 g/mol. The second-order valence-corrected chi connectivity index (χ2v) is 7.11. The highest BCUT2D eigenvalue weighted by Gasteiger charge is 2.24. The number of aryl methyl sites for hydroxylation is 1. The van der Waals surface area contributed by atoms with Crippen LogP contribution in [0.2, 0.25) is 0 Å². The zero-order chi connectivity index (χ0) is 21.1. The molecule has 3 aromatic rings. The van der Waals surface area contributed by atoms with Gasteiger partial charge in [-0.1, -0.05) is 30.3 Å². The quantitative estimate of drug-likeness (QED) is 0.630. The lowest BCUT2D eigenvalue weighted by molar-refractivity contribution is -0.119. The van der Waals surface area contributed by atoms with Crippen molar-refractivity contribution in [3.05, 3.63) is 70.9 Å². The van der Waals surface area contributed by atoms with E-state index in [2.05, 4.69) is 5.32 Å². The van der Waals surface area contributed by atoms with Crippen LogP contribution in [0.15, 0.2) is 48.5 Å². The molecule has 0 saturated carbocycles. The number of esters is 1. The molecule has 30 heavy (non-hydrogen) atoms. The van der Waals surface area contributed by atoms with Gasteiger partial charge in [0.1, 0.15) is 0 Å². The predicted molar refractivity (Wildman–Crippen MR) is 111 cm³/mol. The zero-order valence-electron chi connectivity index (χ0n) is 16.2. The van der Waals surface area contributed by atoms with E-state index in [4.69, 9.17) is 9.72 Å². The molecule has 0 aliphatic heterocycles. The fraction of sp³-hybridized carbons (Fsp3) is 0.217. The van der Waals surface area contributed by atoms with Crippen molar-refractivity contribution in [3.8, 4) is 0 Å². The highest BCUT2D eigenvalue weighted by molar-refractivity contribution is 6.06. The summed E-state index contributed by atoms with van der Waals surface area (Å²) in [6, 6.07) is 13.4. The number of nitrogens with one attached hydrogen (secondary N) is 1. The molecule has 1 heterocycles. The Morgan fingerprint density at radius 3 is 2.57 bits per heavy atom. The van der Waals surface area contributed by atoms with E-state index < -0.39 is 24.5 Å². The van der Waals surface area contributed by atoms with Crippen LogP contribution in [0.4, 0.5) is 5.69 Å². The van der Waals surface area contributed by atoms with E-state index in [0.717, 1.165) is 42.5 Å². The Balaban J connectivity index is 1.54. The highest BCUT2D eigenvalue weighted by atomic mass is 16.5. The van der Waals surface area contributed by atoms with Gasteiger partial charge in [-0.15, -0.1) is 0 Å². The Kier molecular flexibility index (Phi) is 5.43. The van der Waals surface area contributed by atoms with E-state index in [-0.39, 0.29) is 11.3 Å². The van der Waals surface area contributed by atoms with Crippen molar-refractivity contribution in [1.29, 1.82) is 0 Å². The van der Waals surface area contributed by atoms with E-state index >= 15 is 0 Å². The second-order valence-electron chi connectivity index (χ2n) is 7.11. The lowest BCUT2D eigenvalue weighted by atomic mass is 9.90. The summed E-state index contributed by atoms with van der Waals surface area (Å²) in [5, 5.41) is 12.4. The Hall–Kier alpha value is -3.74. The first-order valence-corrected chi connectivity index (χ1v) is 9.74. The summed E-state index contributed by atoms with van der Waals surface area (Å²) < 4.78 is 5.31. The minimum Gasteiger partial charge on any atom is -0.478 e. The van der Waals surface area contributed by atoms with Crippen molar-refractivity contribution in [2.45, 2.75) is 25.7 Å². The van der Waals surface area contributed by atoms with Gasteiger partial charge in [0, 0.05) is 11.1 Å². The molecular formula is C23H20N2O5. The number of aromatic carboxylic acids is 1. The van der Waals surface area contributed by atoms with Crippen LogP contribution < -0.4 is 5.32 Å². The number of hydrogen-bond acceptors (Lipinski definition) is 5. The van der Waals surface area contributed by atoms with Crippen LogP contribution in [0.25, 0.3) is 10.9 Å². The summed E-state index contributed by atoms with van der Waals surface area (Å²) in [4.78, 5) is 41.2. The molecule has 1 aliphatic rings. The SMILES string of the molecule is O=C(COC(=O)c1c2c(nc3ccccc13)CCCC2)Nc1ccccc1C(=O)O. The topological polar surface area (TPSA) is 106 Å². The van der Waals surface area contributed by atoms with Crippen LogP contribution in [0.5, 0.6) is 0 Å². The number of hydrogen-bond donors (Lipinski definition) is 2. The molecule has 152 valence electrons. The van der Waals surface area contributed by atoms with Gasteiger partial charge in [0.25, 0.3) is 5.91 Å². The number of anilines is 1. The molecule has 1 aliphatic carbocycles. The van der Waals surface area contributed by atoms with E-state index in [0.29, 0.717) is 10.9 Å². The zero-order valence-corrected chi connectivity index (χ0v) is 16.2. The number of aromatic nitrogens is 1. The number of benzene rings is 2.